The Kier molecular flexibility index (Phi) is 5.11. The summed E-state index contributed by atoms with van der Waals surface area (Å²) in [6.45, 7) is 0.474. The van der Waals surface area contributed by atoms with Crippen molar-refractivity contribution in [3.05, 3.63) is 58.3 Å². The van der Waals surface area contributed by atoms with E-state index in [1.807, 2.05) is 0 Å². The quantitative estimate of drug-likeness (QED) is 0.869. The zero-order chi connectivity index (χ0) is 18.0. The van der Waals surface area contributed by atoms with Gasteiger partial charge in [0.2, 0.25) is 5.91 Å². The summed E-state index contributed by atoms with van der Waals surface area (Å²) < 4.78 is 13.9. The molecule has 1 aliphatic heterocycles. The molecule has 2 aromatic rings. The first-order valence-corrected chi connectivity index (χ1v) is 8.27. The summed E-state index contributed by atoms with van der Waals surface area (Å²) in [6.07, 6.45) is 0. The Morgan fingerprint density at radius 2 is 1.92 bits per heavy atom. The lowest BCUT2D eigenvalue weighted by Crippen LogP contribution is -2.37. The maximum absolute atomic E-state index is 13.9. The Hall–Kier alpha value is -2.31. The molecular weight excluding hydrogens is 368 g/mol. The van der Waals surface area contributed by atoms with E-state index in [1.54, 1.807) is 24.3 Å². The van der Waals surface area contributed by atoms with Gasteiger partial charge in [0.15, 0.2) is 0 Å². The summed E-state index contributed by atoms with van der Waals surface area (Å²) in [5.41, 5.74) is 0.574. The molecule has 0 unspecified atom stereocenters. The third kappa shape index (κ3) is 3.86. The van der Waals surface area contributed by atoms with E-state index in [2.05, 4.69) is 5.32 Å². The number of para-hydroxylation sites is 1. The summed E-state index contributed by atoms with van der Waals surface area (Å²) in [4.78, 5) is 27.3. The number of halogens is 3. The summed E-state index contributed by atoms with van der Waals surface area (Å²) in [5, 5.41) is 3.40. The average molecular weight is 382 g/mol. The summed E-state index contributed by atoms with van der Waals surface area (Å²) >= 11 is 11.9. The highest BCUT2D eigenvalue weighted by Gasteiger charge is 2.32. The van der Waals surface area contributed by atoms with Crippen LogP contribution in [0.2, 0.25) is 10.0 Å². The van der Waals surface area contributed by atoms with Crippen molar-refractivity contribution in [3.8, 4) is 0 Å². The topological polar surface area (TPSA) is 52.7 Å². The highest BCUT2D eigenvalue weighted by atomic mass is 35.5. The number of carbonyl (C=O) groups excluding carboxylic acids is 2. The van der Waals surface area contributed by atoms with Crippen molar-refractivity contribution in [2.24, 2.45) is 0 Å². The second kappa shape index (κ2) is 7.29. The van der Waals surface area contributed by atoms with Crippen LogP contribution in [0, 0.1) is 5.82 Å². The molecule has 0 atom stereocenters. The first-order valence-electron chi connectivity index (χ1n) is 7.51. The molecule has 130 valence electrons. The van der Waals surface area contributed by atoms with Gasteiger partial charge in [-0.25, -0.2) is 9.18 Å². The lowest BCUT2D eigenvalue weighted by molar-refractivity contribution is -0.116. The molecule has 1 saturated heterocycles. The van der Waals surface area contributed by atoms with Crippen LogP contribution in [-0.4, -0.2) is 36.5 Å². The van der Waals surface area contributed by atoms with E-state index in [0.717, 1.165) is 0 Å². The van der Waals surface area contributed by atoms with E-state index < -0.39 is 17.8 Å². The van der Waals surface area contributed by atoms with Gasteiger partial charge in [-0.05, 0) is 30.3 Å². The number of rotatable bonds is 4. The van der Waals surface area contributed by atoms with Gasteiger partial charge >= 0.3 is 6.03 Å². The highest BCUT2D eigenvalue weighted by molar-refractivity contribution is 6.35. The number of amides is 3. The lowest BCUT2D eigenvalue weighted by atomic mass is 10.3. The van der Waals surface area contributed by atoms with Crippen molar-refractivity contribution >= 4 is 46.5 Å². The van der Waals surface area contributed by atoms with E-state index in [9.17, 15) is 14.0 Å². The molecule has 25 heavy (non-hydrogen) atoms. The van der Waals surface area contributed by atoms with E-state index in [1.165, 1.54) is 28.0 Å². The molecule has 3 amide bonds. The van der Waals surface area contributed by atoms with Crippen LogP contribution in [0.15, 0.2) is 42.5 Å². The van der Waals surface area contributed by atoms with Gasteiger partial charge in [-0.2, -0.15) is 0 Å². The van der Waals surface area contributed by atoms with Crippen molar-refractivity contribution in [2.45, 2.75) is 0 Å². The summed E-state index contributed by atoms with van der Waals surface area (Å²) in [7, 11) is 0. The smallest absolute Gasteiger partial charge is 0.323 e. The first kappa shape index (κ1) is 17.5. The van der Waals surface area contributed by atoms with Gasteiger partial charge in [0.1, 0.15) is 12.4 Å². The number of urea groups is 1. The van der Waals surface area contributed by atoms with Crippen molar-refractivity contribution in [1.29, 1.82) is 0 Å². The molecule has 0 radical (unpaired) electrons. The maximum Gasteiger partial charge on any atom is 0.325 e. The monoisotopic (exact) mass is 381 g/mol. The number of benzene rings is 2. The lowest BCUT2D eigenvalue weighted by Gasteiger charge is -2.19. The molecule has 5 nitrogen and oxygen atoms in total. The van der Waals surface area contributed by atoms with Crippen LogP contribution >= 0.6 is 23.2 Å². The third-order valence-electron chi connectivity index (χ3n) is 3.78. The molecule has 0 aromatic heterocycles. The second-order valence-electron chi connectivity index (χ2n) is 5.48. The molecule has 1 aliphatic rings. The molecule has 2 aromatic carbocycles. The number of anilines is 2. The number of nitrogens with zero attached hydrogens (tertiary/aromatic N) is 2. The van der Waals surface area contributed by atoms with E-state index >= 15 is 0 Å². The van der Waals surface area contributed by atoms with Gasteiger partial charge in [-0.1, -0.05) is 35.3 Å². The van der Waals surface area contributed by atoms with Crippen LogP contribution < -0.4 is 10.2 Å². The minimum Gasteiger partial charge on any atom is -0.323 e. The molecule has 1 N–H and O–H groups in total. The Morgan fingerprint density at radius 3 is 2.68 bits per heavy atom. The van der Waals surface area contributed by atoms with Gasteiger partial charge < -0.3 is 10.2 Å². The standard InChI is InChI=1S/C17H14Cl2FN3O2/c18-11-5-6-12(19)14(9-11)21-16(24)10-22-7-8-23(17(22)25)15-4-2-1-3-13(15)20/h1-6,9H,7-8,10H2,(H,21,24). The minimum absolute atomic E-state index is 0.160. The predicted molar refractivity (Wildman–Crippen MR) is 95.8 cm³/mol. The van der Waals surface area contributed by atoms with Crippen LogP contribution in [0.25, 0.3) is 0 Å². The van der Waals surface area contributed by atoms with E-state index in [-0.39, 0.29) is 12.2 Å². The van der Waals surface area contributed by atoms with Crippen LogP contribution in [0.4, 0.5) is 20.6 Å². The molecule has 0 saturated carbocycles. The number of hydrogen-bond acceptors (Lipinski definition) is 2. The summed E-state index contributed by atoms with van der Waals surface area (Å²) in [5.74, 6) is -0.888. The van der Waals surface area contributed by atoms with Crippen LogP contribution in [0.5, 0.6) is 0 Å². The normalized spacial score (nSPS) is 14.1. The third-order valence-corrected chi connectivity index (χ3v) is 4.34. The van der Waals surface area contributed by atoms with Gasteiger partial charge in [-0.3, -0.25) is 9.69 Å². The fourth-order valence-corrected chi connectivity index (χ4v) is 2.92. The Labute approximate surface area is 153 Å². The van der Waals surface area contributed by atoms with Gasteiger partial charge in [0.05, 0.1) is 16.4 Å². The number of hydrogen-bond donors (Lipinski definition) is 1. The van der Waals surface area contributed by atoms with Gasteiger partial charge in [0, 0.05) is 18.1 Å². The van der Waals surface area contributed by atoms with Gasteiger partial charge in [-0.15, -0.1) is 0 Å². The fourth-order valence-electron chi connectivity index (χ4n) is 2.58. The molecular formula is C17H14Cl2FN3O2. The van der Waals surface area contributed by atoms with Crippen molar-refractivity contribution < 1.29 is 14.0 Å². The largest absolute Gasteiger partial charge is 0.325 e. The zero-order valence-electron chi connectivity index (χ0n) is 13.0. The predicted octanol–water partition coefficient (Wildman–Crippen LogP) is 4.01. The molecule has 0 spiro atoms. The SMILES string of the molecule is O=C(CN1CCN(c2ccccc2F)C1=O)Nc1cc(Cl)ccc1Cl. The molecule has 8 heteroatoms. The average Bonchev–Trinajstić information content (AvgIpc) is 2.92. The fraction of sp³-hybridized carbons (Fsp3) is 0.176. The summed E-state index contributed by atoms with van der Waals surface area (Å²) in [6, 6.07) is 10.3. The molecule has 0 bridgehead atoms. The minimum atomic E-state index is -0.479. The van der Waals surface area contributed by atoms with Crippen molar-refractivity contribution in [2.75, 3.05) is 29.9 Å². The van der Waals surface area contributed by atoms with E-state index in [4.69, 9.17) is 23.2 Å². The Bertz CT molecular complexity index is 831. The molecule has 3 rings (SSSR count). The van der Waals surface area contributed by atoms with Crippen LogP contribution in [0.1, 0.15) is 0 Å². The van der Waals surface area contributed by atoms with Crippen LogP contribution in [-0.2, 0) is 4.79 Å². The maximum atomic E-state index is 13.9. The first-order chi connectivity index (χ1) is 12.0. The zero-order valence-corrected chi connectivity index (χ0v) is 14.5. The molecule has 0 aliphatic carbocycles. The van der Waals surface area contributed by atoms with Gasteiger partial charge in [0.25, 0.3) is 0 Å². The number of carbonyl (C=O) groups is 2. The number of nitrogens with one attached hydrogen (secondary N) is 1. The molecule has 1 fully saturated rings. The Morgan fingerprint density at radius 1 is 1.16 bits per heavy atom. The highest BCUT2D eigenvalue weighted by Crippen LogP contribution is 2.26. The van der Waals surface area contributed by atoms with Crippen molar-refractivity contribution in [3.63, 3.8) is 0 Å². The van der Waals surface area contributed by atoms with E-state index in [0.29, 0.717) is 28.8 Å². The van der Waals surface area contributed by atoms with Crippen molar-refractivity contribution in [1.82, 2.24) is 4.90 Å². The second-order valence-corrected chi connectivity index (χ2v) is 6.32. The molecule has 1 heterocycles. The Balaban J connectivity index is 1.66. The van der Waals surface area contributed by atoms with Crippen LogP contribution in [0.3, 0.4) is 0 Å².